The zero-order valence-electron chi connectivity index (χ0n) is 14.2. The van der Waals surface area contributed by atoms with Gasteiger partial charge < -0.3 is 4.90 Å². The van der Waals surface area contributed by atoms with Gasteiger partial charge in [-0.15, -0.1) is 0 Å². The van der Waals surface area contributed by atoms with E-state index in [2.05, 4.69) is 43.3 Å². The van der Waals surface area contributed by atoms with E-state index in [0.29, 0.717) is 11.5 Å². The Kier molecular flexibility index (Phi) is 4.97. The average Bonchev–Trinajstić information content (AvgIpc) is 2.60. The van der Waals surface area contributed by atoms with Crippen molar-refractivity contribution in [3.63, 3.8) is 0 Å². The highest BCUT2D eigenvalue weighted by molar-refractivity contribution is 5.93. The summed E-state index contributed by atoms with van der Waals surface area (Å²) < 4.78 is 0. The first kappa shape index (κ1) is 16.7. The Morgan fingerprint density at radius 1 is 1.17 bits per heavy atom. The number of carbonyl (C=O) groups is 1. The number of nitrogens with one attached hydrogen (secondary N) is 1. The van der Waals surface area contributed by atoms with Crippen LogP contribution in [0.1, 0.15) is 45.0 Å². The summed E-state index contributed by atoms with van der Waals surface area (Å²) in [6.07, 6.45) is 3.06. The Hall–Kier alpha value is -2.17. The molecule has 1 aliphatic rings. The van der Waals surface area contributed by atoms with Crippen molar-refractivity contribution in [2.75, 3.05) is 14.1 Å². The number of rotatable bonds is 4. The van der Waals surface area contributed by atoms with E-state index in [1.54, 1.807) is 11.5 Å². The van der Waals surface area contributed by atoms with Crippen LogP contribution in [-0.4, -0.2) is 30.1 Å². The Morgan fingerprint density at radius 3 is 2.58 bits per heavy atom. The van der Waals surface area contributed by atoms with Crippen LogP contribution in [0.4, 0.5) is 0 Å². The second-order valence-corrected chi connectivity index (χ2v) is 6.84. The molecule has 0 fully saturated rings. The molecule has 0 radical (unpaired) electrons. The lowest BCUT2D eigenvalue weighted by molar-refractivity contribution is 0.0706. The minimum Gasteiger partial charge on any atom is -0.305 e. The van der Waals surface area contributed by atoms with E-state index in [9.17, 15) is 4.79 Å². The van der Waals surface area contributed by atoms with Gasteiger partial charge in [-0.3, -0.25) is 10.0 Å². The molecule has 1 aliphatic carbocycles. The Morgan fingerprint density at radius 2 is 1.92 bits per heavy atom. The van der Waals surface area contributed by atoms with E-state index in [0.717, 1.165) is 25.8 Å². The minimum atomic E-state index is -0.448. The molecule has 1 unspecified atom stereocenters. The number of aryl methyl sites for hydroxylation is 1. The molecule has 0 bridgehead atoms. The van der Waals surface area contributed by atoms with Crippen molar-refractivity contribution < 1.29 is 10.0 Å². The van der Waals surface area contributed by atoms with Gasteiger partial charge in [-0.25, -0.2) is 5.48 Å². The fourth-order valence-electron chi connectivity index (χ4n) is 3.51. The predicted molar refractivity (Wildman–Crippen MR) is 94.3 cm³/mol. The first-order valence-electron chi connectivity index (χ1n) is 8.36. The van der Waals surface area contributed by atoms with Crippen LogP contribution in [0.3, 0.4) is 0 Å². The number of fused-ring (bicyclic) bond motifs is 1. The number of hydroxylamine groups is 1. The van der Waals surface area contributed by atoms with Gasteiger partial charge in [-0.05, 0) is 73.7 Å². The number of carbonyl (C=O) groups excluding carboxylic acids is 1. The summed E-state index contributed by atoms with van der Waals surface area (Å²) in [5, 5.41) is 8.76. The van der Waals surface area contributed by atoms with Crippen LogP contribution in [-0.2, 0) is 19.4 Å². The monoisotopic (exact) mass is 324 g/mol. The maximum atomic E-state index is 11.5. The van der Waals surface area contributed by atoms with Gasteiger partial charge in [-0.2, -0.15) is 0 Å². The molecule has 4 heteroatoms. The lowest BCUT2D eigenvalue weighted by Gasteiger charge is -2.25. The lowest BCUT2D eigenvalue weighted by atomic mass is 9.79. The van der Waals surface area contributed by atoms with Crippen LogP contribution in [0.25, 0.3) is 0 Å². The SMILES string of the molecule is CN(C)Cc1ccc(C2CCc3cc(C(=O)NO)ccc3C2)cc1. The highest BCUT2D eigenvalue weighted by Gasteiger charge is 2.21. The molecule has 2 aromatic carbocycles. The zero-order valence-corrected chi connectivity index (χ0v) is 14.2. The normalized spacial score (nSPS) is 16.8. The van der Waals surface area contributed by atoms with Crippen molar-refractivity contribution in [3.05, 3.63) is 70.3 Å². The lowest BCUT2D eigenvalue weighted by Crippen LogP contribution is -2.20. The smallest absolute Gasteiger partial charge is 0.274 e. The van der Waals surface area contributed by atoms with Gasteiger partial charge in [0.1, 0.15) is 0 Å². The van der Waals surface area contributed by atoms with E-state index in [1.807, 2.05) is 12.1 Å². The Bertz CT molecular complexity index is 723. The van der Waals surface area contributed by atoms with Crippen molar-refractivity contribution in [2.24, 2.45) is 0 Å². The van der Waals surface area contributed by atoms with Crippen LogP contribution >= 0.6 is 0 Å². The second kappa shape index (κ2) is 7.16. The summed E-state index contributed by atoms with van der Waals surface area (Å²) in [4.78, 5) is 13.7. The van der Waals surface area contributed by atoms with Crippen LogP contribution < -0.4 is 5.48 Å². The van der Waals surface area contributed by atoms with E-state index < -0.39 is 5.91 Å². The fraction of sp³-hybridized carbons (Fsp3) is 0.350. The molecular formula is C20H24N2O2. The van der Waals surface area contributed by atoms with Gasteiger partial charge in [0.2, 0.25) is 0 Å². The van der Waals surface area contributed by atoms with Crippen molar-refractivity contribution >= 4 is 5.91 Å². The maximum absolute atomic E-state index is 11.5. The first-order chi connectivity index (χ1) is 11.6. The van der Waals surface area contributed by atoms with E-state index in [-0.39, 0.29) is 0 Å². The van der Waals surface area contributed by atoms with Gasteiger partial charge in [0.25, 0.3) is 5.91 Å². The van der Waals surface area contributed by atoms with E-state index in [1.165, 1.54) is 22.3 Å². The Labute approximate surface area is 143 Å². The molecule has 1 amide bonds. The quantitative estimate of drug-likeness (QED) is 0.671. The summed E-state index contributed by atoms with van der Waals surface area (Å²) in [5.41, 5.74) is 7.46. The van der Waals surface area contributed by atoms with Gasteiger partial charge in [0.15, 0.2) is 0 Å². The summed E-state index contributed by atoms with van der Waals surface area (Å²) >= 11 is 0. The predicted octanol–water partition coefficient (Wildman–Crippen LogP) is 3.14. The number of benzene rings is 2. The molecule has 2 N–H and O–H groups in total. The van der Waals surface area contributed by atoms with Gasteiger partial charge >= 0.3 is 0 Å². The largest absolute Gasteiger partial charge is 0.305 e. The zero-order chi connectivity index (χ0) is 17.1. The van der Waals surface area contributed by atoms with Crippen LogP contribution in [0.15, 0.2) is 42.5 Å². The van der Waals surface area contributed by atoms with Crippen LogP contribution in [0.2, 0.25) is 0 Å². The third-order valence-electron chi connectivity index (χ3n) is 4.75. The summed E-state index contributed by atoms with van der Waals surface area (Å²) in [7, 11) is 4.16. The summed E-state index contributed by atoms with van der Waals surface area (Å²) in [5.74, 6) is 0.0832. The van der Waals surface area contributed by atoms with Crippen molar-refractivity contribution in [3.8, 4) is 0 Å². The fourth-order valence-corrected chi connectivity index (χ4v) is 3.51. The van der Waals surface area contributed by atoms with Gasteiger partial charge in [0.05, 0.1) is 0 Å². The van der Waals surface area contributed by atoms with Crippen molar-refractivity contribution in [1.29, 1.82) is 0 Å². The van der Waals surface area contributed by atoms with Gasteiger partial charge in [-0.1, -0.05) is 30.3 Å². The third kappa shape index (κ3) is 3.66. The molecule has 0 aromatic heterocycles. The van der Waals surface area contributed by atoms with Crippen molar-refractivity contribution in [2.45, 2.75) is 31.7 Å². The summed E-state index contributed by atoms with van der Waals surface area (Å²) in [6.45, 7) is 0.962. The molecule has 0 saturated heterocycles. The molecule has 0 heterocycles. The second-order valence-electron chi connectivity index (χ2n) is 6.84. The number of hydrogen-bond acceptors (Lipinski definition) is 3. The highest BCUT2D eigenvalue weighted by Crippen LogP contribution is 2.33. The first-order valence-corrected chi connectivity index (χ1v) is 8.36. The van der Waals surface area contributed by atoms with Crippen LogP contribution in [0, 0.1) is 0 Å². The molecule has 24 heavy (non-hydrogen) atoms. The molecular weight excluding hydrogens is 300 g/mol. The third-order valence-corrected chi connectivity index (χ3v) is 4.75. The minimum absolute atomic E-state index is 0.448. The number of nitrogens with zero attached hydrogens (tertiary/aromatic N) is 1. The van der Waals surface area contributed by atoms with Crippen molar-refractivity contribution in [1.82, 2.24) is 10.4 Å². The standard InChI is InChI=1S/C20H24N2O2/c1-22(2)13-14-3-5-15(6-4-14)16-7-8-18-12-19(20(23)21-24)10-9-17(18)11-16/h3-6,9-10,12,16,24H,7-8,11,13H2,1-2H3,(H,21,23). The Balaban J connectivity index is 1.74. The summed E-state index contributed by atoms with van der Waals surface area (Å²) in [6, 6.07) is 14.7. The highest BCUT2D eigenvalue weighted by atomic mass is 16.5. The molecule has 0 spiro atoms. The number of amides is 1. The van der Waals surface area contributed by atoms with E-state index >= 15 is 0 Å². The van der Waals surface area contributed by atoms with Crippen LogP contribution in [0.5, 0.6) is 0 Å². The molecule has 0 aliphatic heterocycles. The molecule has 4 nitrogen and oxygen atoms in total. The molecule has 1 atom stereocenters. The number of hydrogen-bond donors (Lipinski definition) is 2. The molecule has 126 valence electrons. The van der Waals surface area contributed by atoms with Gasteiger partial charge in [0, 0.05) is 12.1 Å². The molecule has 3 rings (SSSR count). The topological polar surface area (TPSA) is 52.6 Å². The average molecular weight is 324 g/mol. The molecule has 0 saturated carbocycles. The van der Waals surface area contributed by atoms with E-state index in [4.69, 9.17) is 5.21 Å². The molecule has 2 aromatic rings. The maximum Gasteiger partial charge on any atom is 0.274 e.